The van der Waals surface area contributed by atoms with Crippen molar-refractivity contribution in [3.63, 3.8) is 0 Å². The molecule has 3 aromatic rings. The van der Waals surface area contributed by atoms with Gasteiger partial charge in [-0.1, -0.05) is 36.3 Å². The van der Waals surface area contributed by atoms with E-state index in [0.29, 0.717) is 56.7 Å². The number of oxazole rings is 1. The molecule has 2 atom stereocenters. The van der Waals surface area contributed by atoms with Gasteiger partial charge in [0, 0.05) is 37.4 Å². The molecule has 2 aliphatic rings. The van der Waals surface area contributed by atoms with Crippen molar-refractivity contribution in [1.82, 2.24) is 14.6 Å². The van der Waals surface area contributed by atoms with Crippen LogP contribution in [0.5, 0.6) is 0 Å². The van der Waals surface area contributed by atoms with Crippen molar-refractivity contribution in [2.75, 3.05) is 13.2 Å². The molecule has 1 N–H and O–H groups in total. The Morgan fingerprint density at radius 2 is 1.89 bits per heavy atom. The summed E-state index contributed by atoms with van der Waals surface area (Å²) < 4.78 is 70.2. The summed E-state index contributed by atoms with van der Waals surface area (Å²) in [5, 5.41) is 2.53. The van der Waals surface area contributed by atoms with Crippen molar-refractivity contribution in [2.24, 2.45) is 0 Å². The molecule has 0 aliphatic carbocycles. The lowest BCUT2D eigenvalue weighted by atomic mass is 9.81. The van der Waals surface area contributed by atoms with E-state index in [4.69, 9.17) is 15.6 Å². The average Bonchev–Trinajstić information content (AvgIpc) is 3.45. The van der Waals surface area contributed by atoms with Crippen LogP contribution < -0.4 is 5.32 Å². The molecular weight excluding hydrogens is 512 g/mol. The maximum atomic E-state index is 15.7. The average molecular weight is 542 g/mol. The molecule has 3 heterocycles. The van der Waals surface area contributed by atoms with E-state index in [1.165, 1.54) is 18.7 Å². The normalized spacial score (nSPS) is 23.1. The zero-order chi connectivity index (χ0) is 26.8. The minimum absolute atomic E-state index is 0.0671. The largest absolute Gasteiger partial charge is 0.451 e. The van der Waals surface area contributed by atoms with Crippen molar-refractivity contribution < 1.29 is 26.4 Å². The Kier molecular flexibility index (Phi) is 7.63. The Morgan fingerprint density at radius 1 is 1.13 bits per heavy atom. The second kappa shape index (κ2) is 10.9. The van der Waals surface area contributed by atoms with E-state index < -0.39 is 38.5 Å². The fourth-order valence-electron chi connectivity index (χ4n) is 5.41. The van der Waals surface area contributed by atoms with Crippen molar-refractivity contribution in [3.05, 3.63) is 89.1 Å². The predicted molar refractivity (Wildman–Crippen MR) is 137 cm³/mol. The third-order valence-corrected chi connectivity index (χ3v) is 9.78. The van der Waals surface area contributed by atoms with Gasteiger partial charge in [-0.3, -0.25) is 0 Å². The number of hydrogen-bond donors (Lipinski definition) is 1. The van der Waals surface area contributed by atoms with E-state index in [9.17, 15) is 8.42 Å². The molecule has 0 spiro atoms. The maximum absolute atomic E-state index is 15.7. The summed E-state index contributed by atoms with van der Waals surface area (Å²) in [6, 6.07) is 10.4. The van der Waals surface area contributed by atoms with Crippen LogP contribution in [-0.4, -0.2) is 37.0 Å². The highest BCUT2D eigenvalue weighted by atomic mass is 32.2. The number of hydrogen-bond acceptors (Lipinski definition) is 6. The van der Waals surface area contributed by atoms with E-state index in [0.717, 1.165) is 10.4 Å². The van der Waals surface area contributed by atoms with E-state index in [1.807, 2.05) is 6.07 Å². The smallest absolute Gasteiger partial charge is 0.222 e. The number of terminal acetylenes is 1. The van der Waals surface area contributed by atoms with Gasteiger partial charge >= 0.3 is 0 Å². The van der Waals surface area contributed by atoms with Crippen molar-refractivity contribution in [3.8, 4) is 12.3 Å². The van der Waals surface area contributed by atoms with Crippen LogP contribution in [0.1, 0.15) is 53.3 Å². The molecule has 7 nitrogen and oxygen atoms in total. The number of nitrogens with one attached hydrogen (secondary N) is 1. The van der Waals surface area contributed by atoms with Gasteiger partial charge in [0.1, 0.15) is 23.1 Å². The first-order valence-corrected chi connectivity index (χ1v) is 14.0. The van der Waals surface area contributed by atoms with Crippen LogP contribution in [0.15, 0.2) is 59.5 Å². The minimum Gasteiger partial charge on any atom is -0.451 e. The first-order valence-electron chi connectivity index (χ1n) is 12.5. The fraction of sp³-hybridized carbons (Fsp3) is 0.393. The second-order valence-corrected chi connectivity index (χ2v) is 11.8. The number of benzene rings is 2. The zero-order valence-corrected chi connectivity index (χ0v) is 21.6. The number of rotatable bonds is 7. The van der Waals surface area contributed by atoms with Gasteiger partial charge in [-0.15, -0.1) is 6.42 Å². The lowest BCUT2D eigenvalue weighted by Crippen LogP contribution is -2.47. The number of sulfonamides is 1. The predicted octanol–water partition coefficient (Wildman–Crippen LogP) is 4.42. The van der Waals surface area contributed by atoms with Crippen LogP contribution in [0.3, 0.4) is 0 Å². The molecule has 2 aromatic carbocycles. The quantitative estimate of drug-likeness (QED) is 0.446. The molecule has 0 saturated carbocycles. The molecule has 0 unspecified atom stereocenters. The lowest BCUT2D eigenvalue weighted by molar-refractivity contribution is 0.0341. The Hall–Kier alpha value is -3.10. The van der Waals surface area contributed by atoms with Crippen molar-refractivity contribution >= 4 is 10.0 Å². The van der Waals surface area contributed by atoms with Crippen LogP contribution in [0.25, 0.3) is 0 Å². The van der Waals surface area contributed by atoms with E-state index in [1.54, 1.807) is 24.3 Å². The molecule has 0 bridgehead atoms. The van der Waals surface area contributed by atoms with Crippen LogP contribution in [0.2, 0.25) is 0 Å². The molecular formula is C28H29F2N3O4S. The van der Waals surface area contributed by atoms with Crippen molar-refractivity contribution in [2.45, 2.75) is 55.6 Å². The molecule has 5 rings (SSSR count). The Bertz CT molecular complexity index is 1400. The molecule has 1 aromatic heterocycles. The number of halogens is 2. The van der Waals surface area contributed by atoms with Gasteiger partial charge < -0.3 is 14.5 Å². The molecule has 2 saturated heterocycles. The van der Waals surface area contributed by atoms with Gasteiger partial charge in [-0.05, 0) is 43.4 Å². The third-order valence-electron chi connectivity index (χ3n) is 7.52. The van der Waals surface area contributed by atoms with Crippen LogP contribution in [0, 0.1) is 24.0 Å². The Labute approximate surface area is 221 Å². The maximum Gasteiger partial charge on any atom is 0.222 e. The number of ether oxygens (including phenoxy) is 1. The molecule has 38 heavy (non-hydrogen) atoms. The summed E-state index contributed by atoms with van der Waals surface area (Å²) >= 11 is 0. The summed E-state index contributed by atoms with van der Waals surface area (Å²) in [4.78, 5) is 4.09. The molecule has 0 radical (unpaired) electrons. The zero-order valence-electron chi connectivity index (χ0n) is 20.8. The SMILES string of the molecule is C#C[C@H]1CC[C@H](c2ccccc2)S(=O)(=O)N1Cc1cc(F)c(C2(NCc3cocn3)CCOCC2)cc1F. The van der Waals surface area contributed by atoms with Crippen LogP contribution in [0.4, 0.5) is 8.78 Å². The molecule has 0 amide bonds. The highest BCUT2D eigenvalue weighted by Gasteiger charge is 2.42. The van der Waals surface area contributed by atoms with Gasteiger partial charge in [0.15, 0.2) is 6.39 Å². The fourth-order valence-corrected chi connectivity index (χ4v) is 7.51. The summed E-state index contributed by atoms with van der Waals surface area (Å²) in [5.41, 5.74) is 0.509. The van der Waals surface area contributed by atoms with Crippen molar-refractivity contribution in [1.29, 1.82) is 0 Å². The van der Waals surface area contributed by atoms with Gasteiger partial charge in [0.25, 0.3) is 0 Å². The highest BCUT2D eigenvalue weighted by molar-refractivity contribution is 7.89. The van der Waals surface area contributed by atoms with E-state index in [2.05, 4.69) is 16.2 Å². The Morgan fingerprint density at radius 3 is 2.58 bits per heavy atom. The monoisotopic (exact) mass is 541 g/mol. The Balaban J connectivity index is 1.45. The minimum atomic E-state index is -3.93. The van der Waals surface area contributed by atoms with E-state index in [-0.39, 0.29) is 17.7 Å². The van der Waals surface area contributed by atoms with Gasteiger partial charge in [0.05, 0.1) is 17.3 Å². The van der Waals surface area contributed by atoms with Gasteiger partial charge in [-0.2, -0.15) is 4.31 Å². The summed E-state index contributed by atoms with van der Waals surface area (Å²) in [6.45, 7) is 0.707. The molecule has 200 valence electrons. The third kappa shape index (κ3) is 5.12. The van der Waals surface area contributed by atoms with Crippen LogP contribution >= 0.6 is 0 Å². The van der Waals surface area contributed by atoms with Gasteiger partial charge in [0.2, 0.25) is 10.0 Å². The molecule has 2 fully saturated rings. The number of nitrogens with zero attached hydrogens (tertiary/aromatic N) is 2. The van der Waals surface area contributed by atoms with Gasteiger partial charge in [-0.25, -0.2) is 22.2 Å². The standard InChI is InChI=1S/C28H29F2N3O4S/c1-2-23-8-9-27(20-6-4-3-5-7-20)38(34,35)33(23)17-21-14-26(30)24(15-25(21)29)28(10-12-36-13-11-28)32-16-22-18-37-19-31-22/h1,3-7,14-15,18-19,23,27,32H,8-13,16-17H2/t23-,27+/m0/s1. The van der Waals surface area contributed by atoms with E-state index >= 15 is 8.78 Å². The topological polar surface area (TPSA) is 84.7 Å². The second-order valence-electron chi connectivity index (χ2n) is 9.70. The molecule has 2 aliphatic heterocycles. The summed E-state index contributed by atoms with van der Waals surface area (Å²) in [5.74, 6) is 1.21. The first-order chi connectivity index (χ1) is 18.3. The summed E-state index contributed by atoms with van der Waals surface area (Å²) in [7, 11) is -3.93. The highest BCUT2D eigenvalue weighted by Crippen LogP contribution is 2.39. The van der Waals surface area contributed by atoms with Crippen LogP contribution in [-0.2, 0) is 33.4 Å². The number of aromatic nitrogens is 1. The molecule has 10 heteroatoms. The summed E-state index contributed by atoms with van der Waals surface area (Å²) in [6.07, 6.45) is 10.1. The first kappa shape index (κ1) is 26.5. The lowest BCUT2D eigenvalue weighted by Gasteiger charge is -2.39.